The van der Waals surface area contributed by atoms with Gasteiger partial charge in [-0.05, 0) is 24.3 Å². The number of sulfone groups is 1. The lowest BCUT2D eigenvalue weighted by Crippen LogP contribution is -2.37. The summed E-state index contributed by atoms with van der Waals surface area (Å²) in [6.07, 6.45) is 1.33. The highest BCUT2D eigenvalue weighted by Gasteiger charge is 2.25. The summed E-state index contributed by atoms with van der Waals surface area (Å²) in [5.74, 6) is -0.814. The molecule has 0 saturated carbocycles. The first-order chi connectivity index (χ1) is 10.1. The van der Waals surface area contributed by atoms with Gasteiger partial charge in [-0.2, -0.15) is 0 Å². The Labute approximate surface area is 131 Å². The SMILES string of the molecule is C[Si](C)(C)c1ccc(S(=O)(=O)c2ncccc2C(N)=O)cc1. The molecule has 2 aromatic rings. The van der Waals surface area contributed by atoms with Crippen LogP contribution in [0, 0.1) is 0 Å². The molecule has 22 heavy (non-hydrogen) atoms. The zero-order valence-electron chi connectivity index (χ0n) is 12.7. The summed E-state index contributed by atoms with van der Waals surface area (Å²) in [6.45, 7) is 6.54. The minimum Gasteiger partial charge on any atom is -0.366 e. The van der Waals surface area contributed by atoms with Crippen LogP contribution in [0.2, 0.25) is 19.6 Å². The molecule has 0 bridgehead atoms. The number of amides is 1. The summed E-state index contributed by atoms with van der Waals surface area (Å²) < 4.78 is 25.3. The van der Waals surface area contributed by atoms with E-state index < -0.39 is 23.8 Å². The molecule has 116 valence electrons. The van der Waals surface area contributed by atoms with E-state index in [9.17, 15) is 13.2 Å². The van der Waals surface area contributed by atoms with Gasteiger partial charge >= 0.3 is 0 Å². The van der Waals surface area contributed by atoms with Gasteiger partial charge in [0.25, 0.3) is 5.91 Å². The molecule has 0 unspecified atom stereocenters. The first-order valence-electron chi connectivity index (χ1n) is 6.74. The zero-order valence-corrected chi connectivity index (χ0v) is 14.5. The third-order valence-electron chi connectivity index (χ3n) is 3.32. The van der Waals surface area contributed by atoms with E-state index in [1.54, 1.807) is 12.1 Å². The molecule has 1 heterocycles. The number of carbonyl (C=O) groups excluding carboxylic acids is 1. The Morgan fingerprint density at radius 3 is 2.18 bits per heavy atom. The summed E-state index contributed by atoms with van der Waals surface area (Å²) in [5.41, 5.74) is 5.13. The third kappa shape index (κ3) is 3.10. The Morgan fingerprint density at radius 1 is 1.09 bits per heavy atom. The molecule has 0 aliphatic heterocycles. The monoisotopic (exact) mass is 334 g/mol. The molecule has 0 spiro atoms. The molecule has 2 N–H and O–H groups in total. The molecular weight excluding hydrogens is 316 g/mol. The molecule has 2 rings (SSSR count). The number of benzene rings is 1. The maximum atomic E-state index is 12.7. The van der Waals surface area contributed by atoms with Crippen molar-refractivity contribution in [2.45, 2.75) is 29.6 Å². The molecule has 1 amide bonds. The Morgan fingerprint density at radius 2 is 1.68 bits per heavy atom. The van der Waals surface area contributed by atoms with Crippen molar-refractivity contribution in [2.75, 3.05) is 0 Å². The van der Waals surface area contributed by atoms with Crippen molar-refractivity contribution < 1.29 is 13.2 Å². The number of carbonyl (C=O) groups is 1. The first-order valence-corrected chi connectivity index (χ1v) is 11.7. The topological polar surface area (TPSA) is 90.1 Å². The molecule has 0 aliphatic rings. The second-order valence-corrected chi connectivity index (χ2v) is 12.9. The zero-order chi connectivity index (χ0) is 16.5. The van der Waals surface area contributed by atoms with Crippen LogP contribution in [-0.2, 0) is 9.84 Å². The normalized spacial score (nSPS) is 12.1. The fourth-order valence-electron chi connectivity index (χ4n) is 2.04. The number of nitrogens with two attached hydrogens (primary N) is 1. The highest BCUT2D eigenvalue weighted by atomic mass is 32.2. The van der Waals surface area contributed by atoms with Crippen LogP contribution in [0.4, 0.5) is 0 Å². The van der Waals surface area contributed by atoms with Crippen molar-refractivity contribution in [3.8, 4) is 0 Å². The van der Waals surface area contributed by atoms with E-state index in [-0.39, 0.29) is 15.5 Å². The van der Waals surface area contributed by atoms with Crippen molar-refractivity contribution in [1.82, 2.24) is 4.98 Å². The van der Waals surface area contributed by atoms with Crippen LogP contribution in [0.3, 0.4) is 0 Å². The predicted octanol–water partition coefficient (Wildman–Crippen LogP) is 1.56. The van der Waals surface area contributed by atoms with Crippen molar-refractivity contribution in [1.29, 1.82) is 0 Å². The van der Waals surface area contributed by atoms with E-state index in [1.807, 2.05) is 12.1 Å². The molecule has 5 nitrogen and oxygen atoms in total. The van der Waals surface area contributed by atoms with E-state index in [0.717, 1.165) is 5.19 Å². The second kappa shape index (κ2) is 5.66. The number of pyridine rings is 1. The van der Waals surface area contributed by atoms with Gasteiger partial charge in [-0.1, -0.05) is 37.0 Å². The summed E-state index contributed by atoms with van der Waals surface area (Å²) in [4.78, 5) is 15.4. The van der Waals surface area contributed by atoms with Gasteiger partial charge in [0.05, 0.1) is 18.5 Å². The second-order valence-electron chi connectivity index (χ2n) is 6.00. The van der Waals surface area contributed by atoms with Crippen LogP contribution in [0.5, 0.6) is 0 Å². The van der Waals surface area contributed by atoms with Crippen molar-refractivity contribution >= 4 is 29.0 Å². The molecule has 0 aliphatic carbocycles. The Kier molecular flexibility index (Phi) is 4.21. The number of rotatable bonds is 4. The van der Waals surface area contributed by atoms with Crippen LogP contribution < -0.4 is 10.9 Å². The summed E-state index contributed by atoms with van der Waals surface area (Å²) in [6, 6.07) is 9.61. The molecule has 0 atom stereocenters. The van der Waals surface area contributed by atoms with Crippen LogP contribution in [0.25, 0.3) is 0 Å². The summed E-state index contributed by atoms with van der Waals surface area (Å²) >= 11 is 0. The van der Waals surface area contributed by atoms with E-state index >= 15 is 0 Å². The van der Waals surface area contributed by atoms with Crippen LogP contribution in [-0.4, -0.2) is 27.4 Å². The number of hydrogen-bond donors (Lipinski definition) is 1. The largest absolute Gasteiger partial charge is 0.366 e. The number of hydrogen-bond acceptors (Lipinski definition) is 4. The molecule has 0 radical (unpaired) electrons. The van der Waals surface area contributed by atoms with Gasteiger partial charge in [-0.15, -0.1) is 0 Å². The van der Waals surface area contributed by atoms with Gasteiger partial charge in [0.2, 0.25) is 9.84 Å². The molecule has 0 fully saturated rings. The fraction of sp³-hybridized carbons (Fsp3) is 0.200. The quantitative estimate of drug-likeness (QED) is 0.859. The van der Waals surface area contributed by atoms with Gasteiger partial charge in [-0.25, -0.2) is 13.4 Å². The highest BCUT2D eigenvalue weighted by molar-refractivity contribution is 7.91. The number of nitrogens with zero attached hydrogens (tertiary/aromatic N) is 1. The average Bonchev–Trinajstić information content (AvgIpc) is 2.46. The van der Waals surface area contributed by atoms with Gasteiger partial charge in [0.1, 0.15) is 0 Å². The van der Waals surface area contributed by atoms with Gasteiger partial charge in [0, 0.05) is 6.20 Å². The molecule has 1 aromatic heterocycles. The lowest BCUT2D eigenvalue weighted by molar-refractivity contribution is 0.0996. The standard InChI is InChI=1S/C15H18N2O3SSi/c1-22(2,3)12-8-6-11(7-9-12)21(19,20)15-13(14(16)18)5-4-10-17-15/h4-10H,1-3H3,(H2,16,18). The summed E-state index contributed by atoms with van der Waals surface area (Å²) in [7, 11) is -5.38. The molecule has 1 aromatic carbocycles. The van der Waals surface area contributed by atoms with Crippen LogP contribution in [0.1, 0.15) is 10.4 Å². The van der Waals surface area contributed by atoms with Crippen molar-refractivity contribution in [2.24, 2.45) is 5.73 Å². The Balaban J connectivity index is 2.55. The summed E-state index contributed by atoms with van der Waals surface area (Å²) in [5, 5.41) is 0.853. The first kappa shape index (κ1) is 16.4. The van der Waals surface area contributed by atoms with E-state index in [1.165, 1.54) is 18.3 Å². The maximum Gasteiger partial charge on any atom is 0.251 e. The number of primary amides is 1. The van der Waals surface area contributed by atoms with Crippen molar-refractivity contribution in [3.05, 3.63) is 48.2 Å². The molecule has 0 saturated heterocycles. The van der Waals surface area contributed by atoms with Gasteiger partial charge in [-0.3, -0.25) is 4.79 Å². The average molecular weight is 334 g/mol. The molecule has 7 heteroatoms. The smallest absolute Gasteiger partial charge is 0.251 e. The third-order valence-corrected chi connectivity index (χ3v) is 7.11. The highest BCUT2D eigenvalue weighted by Crippen LogP contribution is 2.21. The maximum absolute atomic E-state index is 12.7. The lowest BCUT2D eigenvalue weighted by Gasteiger charge is -2.16. The van der Waals surface area contributed by atoms with E-state index in [2.05, 4.69) is 24.6 Å². The minimum atomic E-state index is -3.87. The minimum absolute atomic E-state index is 0.100. The van der Waals surface area contributed by atoms with Crippen LogP contribution in [0.15, 0.2) is 52.5 Å². The van der Waals surface area contributed by atoms with Crippen molar-refractivity contribution in [3.63, 3.8) is 0 Å². The Hall–Kier alpha value is -1.99. The lowest BCUT2D eigenvalue weighted by atomic mass is 10.3. The van der Waals surface area contributed by atoms with Gasteiger partial charge in [0.15, 0.2) is 5.03 Å². The van der Waals surface area contributed by atoms with Crippen LogP contribution >= 0.6 is 0 Å². The molecular formula is C15H18N2O3SSi. The van der Waals surface area contributed by atoms with E-state index in [0.29, 0.717) is 0 Å². The Bertz CT molecular complexity index is 809. The van der Waals surface area contributed by atoms with Gasteiger partial charge < -0.3 is 5.73 Å². The number of aromatic nitrogens is 1. The van der Waals surface area contributed by atoms with E-state index in [4.69, 9.17) is 5.73 Å². The predicted molar refractivity (Wildman–Crippen MR) is 87.6 cm³/mol. The fourth-order valence-corrected chi connectivity index (χ4v) is 4.58.